The summed E-state index contributed by atoms with van der Waals surface area (Å²) in [5.41, 5.74) is 4.61. The molecule has 22 heavy (non-hydrogen) atoms. The van der Waals surface area contributed by atoms with Crippen LogP contribution in [0, 0.1) is 6.92 Å². The van der Waals surface area contributed by atoms with E-state index >= 15 is 0 Å². The molecule has 0 fully saturated rings. The van der Waals surface area contributed by atoms with Crippen molar-refractivity contribution in [1.82, 2.24) is 10.2 Å². The van der Waals surface area contributed by atoms with Crippen molar-refractivity contribution in [3.8, 4) is 5.75 Å². The third-order valence-corrected chi connectivity index (χ3v) is 2.93. The van der Waals surface area contributed by atoms with Crippen LogP contribution in [0.15, 0.2) is 29.4 Å². The number of hydrogen-bond acceptors (Lipinski definition) is 6. The maximum absolute atomic E-state index is 11.9. The number of aryl methyl sites for hydroxylation is 1. The molecule has 0 unspecified atom stereocenters. The van der Waals surface area contributed by atoms with E-state index in [1.54, 1.807) is 27.2 Å². The van der Waals surface area contributed by atoms with Crippen LogP contribution in [0.2, 0.25) is 0 Å². The minimum Gasteiger partial charge on any atom is -0.497 e. The van der Waals surface area contributed by atoms with Crippen molar-refractivity contribution < 1.29 is 14.3 Å². The maximum atomic E-state index is 11.9. The summed E-state index contributed by atoms with van der Waals surface area (Å²) in [5, 5.41) is 10.8. The molecule has 116 valence electrons. The Morgan fingerprint density at radius 2 is 2.14 bits per heavy atom. The van der Waals surface area contributed by atoms with Crippen LogP contribution in [0.3, 0.4) is 0 Å². The quantitative estimate of drug-likeness (QED) is 0.486. The highest BCUT2D eigenvalue weighted by molar-refractivity contribution is 5.96. The van der Waals surface area contributed by atoms with Crippen LogP contribution in [0.25, 0.3) is 0 Å². The molecule has 0 saturated heterocycles. The lowest BCUT2D eigenvalue weighted by Crippen LogP contribution is -2.08. The van der Waals surface area contributed by atoms with Crippen molar-refractivity contribution in [3.63, 3.8) is 0 Å². The first-order valence-corrected chi connectivity index (χ1v) is 6.81. The smallest absolute Gasteiger partial charge is 0.343 e. The fraction of sp³-hybridized carbons (Fsp3) is 0.267. The monoisotopic (exact) mass is 302 g/mol. The molecule has 1 aromatic carbocycles. The number of aromatic amines is 1. The Bertz CT molecular complexity index is 662. The Balaban J connectivity index is 2.07. The summed E-state index contributed by atoms with van der Waals surface area (Å²) in [5.74, 6) is 0.675. The van der Waals surface area contributed by atoms with Gasteiger partial charge in [0.1, 0.15) is 11.3 Å². The number of nitrogens with zero attached hydrogens (tertiary/aromatic N) is 2. The SMILES string of the molecule is CCOC(=O)c1c(N/N=C\c2ccc(OC)cc2)n[nH]c1C. The van der Waals surface area contributed by atoms with Gasteiger partial charge in [-0.3, -0.25) is 10.5 Å². The second-order valence-corrected chi connectivity index (χ2v) is 4.44. The molecule has 0 saturated carbocycles. The molecule has 0 aliphatic rings. The van der Waals surface area contributed by atoms with E-state index in [-0.39, 0.29) is 0 Å². The van der Waals surface area contributed by atoms with Gasteiger partial charge < -0.3 is 9.47 Å². The third-order valence-electron chi connectivity index (χ3n) is 2.93. The fourth-order valence-electron chi connectivity index (χ4n) is 1.82. The van der Waals surface area contributed by atoms with Crippen LogP contribution in [-0.2, 0) is 4.74 Å². The summed E-state index contributed by atoms with van der Waals surface area (Å²) in [4.78, 5) is 11.9. The zero-order chi connectivity index (χ0) is 15.9. The lowest BCUT2D eigenvalue weighted by molar-refractivity contribution is 0.0526. The first-order valence-electron chi connectivity index (χ1n) is 6.81. The van der Waals surface area contributed by atoms with Crippen LogP contribution in [0.5, 0.6) is 5.75 Å². The molecular formula is C15H18N4O3. The molecule has 1 aromatic heterocycles. The zero-order valence-electron chi connectivity index (χ0n) is 12.7. The van der Waals surface area contributed by atoms with Gasteiger partial charge in [-0.1, -0.05) is 0 Å². The number of esters is 1. The van der Waals surface area contributed by atoms with Crippen LogP contribution >= 0.6 is 0 Å². The molecule has 7 nitrogen and oxygen atoms in total. The largest absolute Gasteiger partial charge is 0.497 e. The van der Waals surface area contributed by atoms with Crippen molar-refractivity contribution in [1.29, 1.82) is 0 Å². The summed E-state index contributed by atoms with van der Waals surface area (Å²) in [6.45, 7) is 3.80. The Morgan fingerprint density at radius 3 is 2.77 bits per heavy atom. The minimum absolute atomic E-state index is 0.304. The Hall–Kier alpha value is -2.83. The lowest BCUT2D eigenvalue weighted by Gasteiger charge is -2.03. The van der Waals surface area contributed by atoms with Crippen molar-refractivity contribution in [2.45, 2.75) is 13.8 Å². The van der Waals surface area contributed by atoms with Gasteiger partial charge >= 0.3 is 5.97 Å². The van der Waals surface area contributed by atoms with Gasteiger partial charge in [-0.2, -0.15) is 10.2 Å². The summed E-state index contributed by atoms with van der Waals surface area (Å²) in [6, 6.07) is 7.41. The number of ether oxygens (including phenoxy) is 2. The first kappa shape index (κ1) is 15.6. The zero-order valence-corrected chi connectivity index (χ0v) is 12.7. The van der Waals surface area contributed by atoms with Crippen LogP contribution in [0.1, 0.15) is 28.5 Å². The molecule has 0 amide bonds. The number of hydrogen-bond donors (Lipinski definition) is 2. The molecule has 1 heterocycles. The molecule has 0 radical (unpaired) electrons. The van der Waals surface area contributed by atoms with Gasteiger partial charge in [0.15, 0.2) is 5.82 Å². The second-order valence-electron chi connectivity index (χ2n) is 4.44. The van der Waals surface area contributed by atoms with Gasteiger partial charge in [0, 0.05) is 5.69 Å². The number of nitrogens with one attached hydrogen (secondary N) is 2. The molecule has 2 N–H and O–H groups in total. The van der Waals surface area contributed by atoms with Crippen LogP contribution in [-0.4, -0.2) is 36.1 Å². The number of carbonyl (C=O) groups is 1. The molecular weight excluding hydrogens is 284 g/mol. The average Bonchev–Trinajstić information content (AvgIpc) is 2.89. The molecule has 0 spiro atoms. The minimum atomic E-state index is -0.434. The van der Waals surface area contributed by atoms with E-state index in [9.17, 15) is 4.79 Å². The second kappa shape index (κ2) is 7.26. The molecule has 0 bridgehead atoms. The van der Waals surface area contributed by atoms with E-state index in [0.29, 0.717) is 23.7 Å². The first-order chi connectivity index (χ1) is 10.7. The number of methoxy groups -OCH3 is 1. The van der Waals surface area contributed by atoms with Gasteiger partial charge in [0.25, 0.3) is 0 Å². The lowest BCUT2D eigenvalue weighted by atomic mass is 10.2. The number of hydrazone groups is 1. The highest BCUT2D eigenvalue weighted by Crippen LogP contribution is 2.17. The van der Waals surface area contributed by atoms with Gasteiger partial charge in [-0.15, -0.1) is 0 Å². The molecule has 2 aromatic rings. The summed E-state index contributed by atoms with van der Waals surface area (Å²) < 4.78 is 10.1. The van der Waals surface area contributed by atoms with E-state index in [4.69, 9.17) is 9.47 Å². The Labute approximate surface area is 128 Å². The predicted molar refractivity (Wildman–Crippen MR) is 83.5 cm³/mol. The fourth-order valence-corrected chi connectivity index (χ4v) is 1.82. The molecule has 7 heteroatoms. The van der Waals surface area contributed by atoms with Gasteiger partial charge in [-0.05, 0) is 43.7 Å². The number of carbonyl (C=O) groups excluding carboxylic acids is 1. The van der Waals surface area contributed by atoms with Crippen molar-refractivity contribution in [2.75, 3.05) is 19.1 Å². The standard InChI is InChI=1S/C15H18N4O3/c1-4-22-15(20)13-10(2)17-19-14(13)18-16-9-11-5-7-12(21-3)8-6-11/h5-9H,4H2,1-3H3,(H2,17,18,19)/b16-9-. The van der Waals surface area contributed by atoms with E-state index < -0.39 is 5.97 Å². The number of benzene rings is 1. The van der Waals surface area contributed by atoms with Gasteiger partial charge in [-0.25, -0.2) is 4.79 Å². The van der Waals surface area contributed by atoms with Crippen LogP contribution < -0.4 is 10.2 Å². The summed E-state index contributed by atoms with van der Waals surface area (Å²) >= 11 is 0. The number of aromatic nitrogens is 2. The Morgan fingerprint density at radius 1 is 1.41 bits per heavy atom. The number of rotatable bonds is 6. The molecule has 0 aliphatic heterocycles. The number of H-pyrrole nitrogens is 1. The third kappa shape index (κ3) is 3.63. The normalized spacial score (nSPS) is 10.7. The highest BCUT2D eigenvalue weighted by Gasteiger charge is 2.18. The Kier molecular flexibility index (Phi) is 5.13. The van der Waals surface area contributed by atoms with Crippen molar-refractivity contribution >= 4 is 18.0 Å². The summed E-state index contributed by atoms with van der Waals surface area (Å²) in [7, 11) is 1.61. The van der Waals surface area contributed by atoms with Crippen molar-refractivity contribution in [3.05, 3.63) is 41.1 Å². The summed E-state index contributed by atoms with van der Waals surface area (Å²) in [6.07, 6.45) is 1.62. The van der Waals surface area contributed by atoms with E-state index in [0.717, 1.165) is 11.3 Å². The van der Waals surface area contributed by atoms with E-state index in [2.05, 4.69) is 20.7 Å². The van der Waals surface area contributed by atoms with E-state index in [1.165, 1.54) is 0 Å². The number of anilines is 1. The topological polar surface area (TPSA) is 88.6 Å². The molecule has 0 atom stereocenters. The molecule has 2 rings (SSSR count). The average molecular weight is 302 g/mol. The van der Waals surface area contributed by atoms with E-state index in [1.807, 2.05) is 24.3 Å². The maximum Gasteiger partial charge on any atom is 0.343 e. The highest BCUT2D eigenvalue weighted by atomic mass is 16.5. The van der Waals surface area contributed by atoms with Crippen LogP contribution in [0.4, 0.5) is 5.82 Å². The van der Waals surface area contributed by atoms with Crippen molar-refractivity contribution in [2.24, 2.45) is 5.10 Å². The molecule has 0 aliphatic carbocycles. The van der Waals surface area contributed by atoms with Gasteiger partial charge in [0.2, 0.25) is 0 Å². The predicted octanol–water partition coefficient (Wildman–Crippen LogP) is 2.35. The van der Waals surface area contributed by atoms with Gasteiger partial charge in [0.05, 0.1) is 19.9 Å².